The molecule has 3 heterocycles. The molecule has 0 aliphatic carbocycles. The van der Waals surface area contributed by atoms with Crippen molar-refractivity contribution in [2.75, 3.05) is 0 Å². The Kier molecular flexibility index (Phi) is 1.45. The average Bonchev–Trinajstić information content (AvgIpc) is 3.08. The molecule has 78 valence electrons. The van der Waals surface area contributed by atoms with Gasteiger partial charge in [-0.2, -0.15) is 9.78 Å². The van der Waals surface area contributed by atoms with Crippen LogP contribution in [0.25, 0.3) is 16.6 Å². The van der Waals surface area contributed by atoms with Crippen molar-refractivity contribution in [1.82, 2.24) is 9.38 Å². The van der Waals surface area contributed by atoms with Gasteiger partial charge in [-0.25, -0.2) is 4.98 Å². The molecule has 0 bridgehead atoms. The Bertz CT molecular complexity index is 686. The van der Waals surface area contributed by atoms with Gasteiger partial charge in [-0.1, -0.05) is 18.2 Å². The van der Waals surface area contributed by atoms with Crippen molar-refractivity contribution in [2.24, 2.45) is 0 Å². The van der Waals surface area contributed by atoms with Crippen LogP contribution in [0.2, 0.25) is 0 Å². The fourth-order valence-corrected chi connectivity index (χ4v) is 1.98. The molecule has 0 unspecified atom stereocenters. The zero-order valence-corrected chi connectivity index (χ0v) is 8.33. The summed E-state index contributed by atoms with van der Waals surface area (Å²) >= 11 is 0. The Labute approximate surface area is 91.0 Å². The van der Waals surface area contributed by atoms with Crippen molar-refractivity contribution in [3.05, 3.63) is 48.3 Å². The molecule has 0 spiro atoms. The van der Waals surface area contributed by atoms with Gasteiger partial charge in [0.2, 0.25) is 0 Å². The zero-order chi connectivity index (χ0) is 10.5. The van der Waals surface area contributed by atoms with Gasteiger partial charge in [-0.15, -0.1) is 0 Å². The van der Waals surface area contributed by atoms with Crippen LogP contribution in [0.15, 0.2) is 42.6 Å². The summed E-state index contributed by atoms with van der Waals surface area (Å²) in [6, 6.07) is 12.3. The van der Waals surface area contributed by atoms with Crippen LogP contribution in [0.5, 0.6) is 0 Å². The van der Waals surface area contributed by atoms with E-state index in [-0.39, 0.29) is 6.29 Å². The van der Waals surface area contributed by atoms with Gasteiger partial charge in [0.25, 0.3) is 6.29 Å². The van der Waals surface area contributed by atoms with Crippen molar-refractivity contribution in [3.8, 4) is 0 Å². The minimum absolute atomic E-state index is 0.279. The Balaban J connectivity index is 2.11. The molecule has 4 rings (SSSR count). The van der Waals surface area contributed by atoms with Crippen LogP contribution in [0.4, 0.5) is 0 Å². The lowest BCUT2D eigenvalue weighted by atomic mass is 10.2. The molecule has 1 aliphatic heterocycles. The van der Waals surface area contributed by atoms with Gasteiger partial charge in [-0.3, -0.25) is 4.40 Å². The van der Waals surface area contributed by atoms with E-state index in [0.717, 1.165) is 16.9 Å². The van der Waals surface area contributed by atoms with Gasteiger partial charge in [0.15, 0.2) is 0 Å². The summed E-state index contributed by atoms with van der Waals surface area (Å²) in [6.45, 7) is 0. The Morgan fingerprint density at radius 3 is 2.81 bits per heavy atom. The van der Waals surface area contributed by atoms with Crippen LogP contribution < -0.4 is 0 Å². The topological polar surface area (TPSA) is 42.4 Å². The van der Waals surface area contributed by atoms with Crippen LogP contribution in [-0.2, 0) is 9.78 Å². The van der Waals surface area contributed by atoms with Gasteiger partial charge >= 0.3 is 0 Å². The predicted molar refractivity (Wildman–Crippen MR) is 57.6 cm³/mol. The Morgan fingerprint density at radius 2 is 1.94 bits per heavy atom. The third kappa shape index (κ3) is 1.08. The van der Waals surface area contributed by atoms with Crippen molar-refractivity contribution < 1.29 is 9.78 Å². The molecule has 0 N–H and O–H groups in total. The largest absolute Gasteiger partial charge is 0.299 e. The number of imidazole rings is 1. The van der Waals surface area contributed by atoms with Crippen LogP contribution >= 0.6 is 0 Å². The second-order valence-corrected chi connectivity index (χ2v) is 3.81. The molecule has 2 aromatic heterocycles. The molecule has 3 aromatic rings. The Hall–Kier alpha value is -1.91. The summed E-state index contributed by atoms with van der Waals surface area (Å²) in [5.74, 6) is 0. The summed E-state index contributed by atoms with van der Waals surface area (Å²) in [7, 11) is 0. The smallest absolute Gasteiger partial charge is 0.267 e. The van der Waals surface area contributed by atoms with E-state index in [1.807, 2.05) is 24.4 Å². The lowest BCUT2D eigenvalue weighted by Crippen LogP contribution is -1.85. The van der Waals surface area contributed by atoms with Crippen LogP contribution in [0.3, 0.4) is 0 Å². The zero-order valence-electron chi connectivity index (χ0n) is 8.33. The molecule has 0 atom stereocenters. The Morgan fingerprint density at radius 1 is 1.06 bits per heavy atom. The third-order valence-corrected chi connectivity index (χ3v) is 2.79. The quantitative estimate of drug-likeness (QED) is 0.459. The standard InChI is InChI=1S/C12H8N2O2/c1-2-4-10-8(3-1)5-6-11-13-9(7-14(10)11)12-15-16-12/h1-7,12H. The fourth-order valence-electron chi connectivity index (χ4n) is 1.98. The molecule has 16 heavy (non-hydrogen) atoms. The predicted octanol–water partition coefficient (Wildman–Crippen LogP) is 2.45. The highest BCUT2D eigenvalue weighted by atomic mass is 17.4. The molecule has 1 aliphatic rings. The van der Waals surface area contributed by atoms with E-state index in [2.05, 4.69) is 27.6 Å². The monoisotopic (exact) mass is 212 g/mol. The number of rotatable bonds is 1. The summed E-state index contributed by atoms with van der Waals surface area (Å²) < 4.78 is 2.05. The molecular weight excluding hydrogens is 204 g/mol. The number of pyridine rings is 1. The highest BCUT2D eigenvalue weighted by Crippen LogP contribution is 2.31. The van der Waals surface area contributed by atoms with Crippen molar-refractivity contribution >= 4 is 16.6 Å². The first kappa shape index (κ1) is 8.27. The SMILES string of the molecule is c1ccc2c(c1)ccc1nc(C3OO3)cn12. The maximum Gasteiger partial charge on any atom is 0.267 e. The van der Waals surface area contributed by atoms with Crippen molar-refractivity contribution in [2.45, 2.75) is 6.29 Å². The van der Waals surface area contributed by atoms with Gasteiger partial charge < -0.3 is 0 Å². The van der Waals surface area contributed by atoms with E-state index >= 15 is 0 Å². The number of aromatic nitrogens is 2. The van der Waals surface area contributed by atoms with Gasteiger partial charge in [0.1, 0.15) is 11.3 Å². The minimum Gasteiger partial charge on any atom is -0.299 e. The first-order valence-corrected chi connectivity index (χ1v) is 5.11. The summed E-state index contributed by atoms with van der Waals surface area (Å²) in [5, 5.41) is 1.19. The number of para-hydroxylation sites is 1. The fraction of sp³-hybridized carbons (Fsp3) is 0.0833. The molecule has 1 fully saturated rings. The highest BCUT2D eigenvalue weighted by molar-refractivity contribution is 5.81. The van der Waals surface area contributed by atoms with E-state index in [9.17, 15) is 0 Å². The van der Waals surface area contributed by atoms with Gasteiger partial charge in [0.05, 0.1) is 5.52 Å². The lowest BCUT2D eigenvalue weighted by molar-refractivity contribution is 0.0850. The number of nitrogens with zero attached hydrogens (tertiary/aromatic N) is 2. The average molecular weight is 212 g/mol. The van der Waals surface area contributed by atoms with Crippen molar-refractivity contribution in [1.29, 1.82) is 0 Å². The highest BCUT2D eigenvalue weighted by Gasteiger charge is 2.31. The summed E-state index contributed by atoms with van der Waals surface area (Å²) in [5.41, 5.74) is 2.86. The lowest BCUT2D eigenvalue weighted by Gasteiger charge is -1.99. The van der Waals surface area contributed by atoms with Crippen LogP contribution in [-0.4, -0.2) is 9.38 Å². The summed E-state index contributed by atoms with van der Waals surface area (Å²) in [6.07, 6.45) is 1.67. The van der Waals surface area contributed by atoms with E-state index in [1.165, 1.54) is 5.39 Å². The molecule has 1 saturated heterocycles. The van der Waals surface area contributed by atoms with Crippen LogP contribution in [0, 0.1) is 0 Å². The summed E-state index contributed by atoms with van der Waals surface area (Å²) in [4.78, 5) is 14.0. The normalized spacial score (nSPS) is 16.0. The second-order valence-electron chi connectivity index (χ2n) is 3.81. The molecule has 0 radical (unpaired) electrons. The molecule has 1 aromatic carbocycles. The molecule has 0 amide bonds. The third-order valence-electron chi connectivity index (χ3n) is 2.79. The van der Waals surface area contributed by atoms with E-state index in [1.54, 1.807) is 0 Å². The first-order chi connectivity index (χ1) is 7.92. The van der Waals surface area contributed by atoms with E-state index < -0.39 is 0 Å². The molecular formula is C12H8N2O2. The minimum atomic E-state index is -0.279. The molecule has 4 nitrogen and oxygen atoms in total. The first-order valence-electron chi connectivity index (χ1n) is 5.11. The molecule has 4 heteroatoms. The number of benzene rings is 1. The second kappa shape index (κ2) is 2.81. The number of fused-ring (bicyclic) bond motifs is 3. The maximum atomic E-state index is 4.76. The van der Waals surface area contributed by atoms with Gasteiger partial charge in [0, 0.05) is 6.20 Å². The number of hydrogen-bond donors (Lipinski definition) is 0. The number of hydrogen-bond acceptors (Lipinski definition) is 3. The van der Waals surface area contributed by atoms with Gasteiger partial charge in [-0.05, 0) is 23.6 Å². The van der Waals surface area contributed by atoms with Crippen molar-refractivity contribution in [3.63, 3.8) is 0 Å². The van der Waals surface area contributed by atoms with Crippen LogP contribution in [0.1, 0.15) is 12.0 Å². The van der Waals surface area contributed by atoms with E-state index in [0.29, 0.717) is 0 Å². The molecule has 0 saturated carbocycles. The maximum absolute atomic E-state index is 4.76. The van der Waals surface area contributed by atoms with E-state index in [4.69, 9.17) is 9.78 Å².